The van der Waals surface area contributed by atoms with Gasteiger partial charge in [0.05, 0.1) is 17.9 Å². The van der Waals surface area contributed by atoms with Crippen molar-refractivity contribution in [2.45, 2.75) is 51.7 Å². The van der Waals surface area contributed by atoms with Gasteiger partial charge in [0.2, 0.25) is 5.91 Å². The van der Waals surface area contributed by atoms with Crippen LogP contribution in [0.25, 0.3) is 10.7 Å². The van der Waals surface area contributed by atoms with Crippen LogP contribution in [0.3, 0.4) is 0 Å². The van der Waals surface area contributed by atoms with Crippen molar-refractivity contribution in [2.75, 3.05) is 5.32 Å². The van der Waals surface area contributed by atoms with E-state index in [-0.39, 0.29) is 11.9 Å². The van der Waals surface area contributed by atoms with Gasteiger partial charge in [-0.05, 0) is 33.6 Å². The third-order valence-electron chi connectivity index (χ3n) is 4.39. The number of rotatable bonds is 4. The zero-order chi connectivity index (χ0) is 15.7. The van der Waals surface area contributed by atoms with Crippen molar-refractivity contribution in [3.05, 3.63) is 17.8 Å². The highest BCUT2D eigenvalue weighted by atomic mass is 32.1. The molecule has 7 heteroatoms. The molecule has 0 spiro atoms. The number of aromatic nitrogens is 3. The molecule has 2 N–H and O–H groups in total. The number of amides is 1. The summed E-state index contributed by atoms with van der Waals surface area (Å²) < 4.78 is 0. The molecule has 0 radical (unpaired) electrons. The van der Waals surface area contributed by atoms with Crippen LogP contribution in [0.2, 0.25) is 0 Å². The Kier molecular flexibility index (Phi) is 4.26. The molecule has 3 unspecified atom stereocenters. The van der Waals surface area contributed by atoms with Crippen molar-refractivity contribution in [2.24, 2.45) is 0 Å². The van der Waals surface area contributed by atoms with Gasteiger partial charge in [0, 0.05) is 23.7 Å². The topological polar surface area (TPSA) is 73.9 Å². The summed E-state index contributed by atoms with van der Waals surface area (Å²) in [4.78, 5) is 19.1. The van der Waals surface area contributed by atoms with Crippen molar-refractivity contribution in [3.63, 3.8) is 0 Å². The van der Waals surface area contributed by atoms with E-state index in [0.29, 0.717) is 17.8 Å². The standard InChI is InChI=1S/C15H21N5OS/c1-9-4-5-10(2)20(9)11(3)14(21)18-12-8-17-19-13(12)15-16-6-7-22-15/h6-11H,4-5H2,1-3H3,(H,17,19)(H,18,21). The number of carbonyl (C=O) groups excluding carboxylic acids is 1. The van der Waals surface area contributed by atoms with Crippen molar-refractivity contribution >= 4 is 22.9 Å². The first-order valence-corrected chi connectivity index (χ1v) is 8.47. The van der Waals surface area contributed by atoms with E-state index in [1.165, 1.54) is 11.3 Å². The summed E-state index contributed by atoms with van der Waals surface area (Å²) in [7, 11) is 0. The molecule has 1 fully saturated rings. The fourth-order valence-electron chi connectivity index (χ4n) is 3.24. The second kappa shape index (κ2) is 6.18. The van der Waals surface area contributed by atoms with Crippen molar-refractivity contribution < 1.29 is 4.79 Å². The van der Waals surface area contributed by atoms with Gasteiger partial charge < -0.3 is 5.32 Å². The summed E-state index contributed by atoms with van der Waals surface area (Å²) in [5.41, 5.74) is 1.45. The largest absolute Gasteiger partial charge is 0.321 e. The van der Waals surface area contributed by atoms with Gasteiger partial charge in [-0.3, -0.25) is 14.8 Å². The van der Waals surface area contributed by atoms with Gasteiger partial charge in [-0.15, -0.1) is 11.3 Å². The lowest BCUT2D eigenvalue weighted by molar-refractivity contribution is -0.121. The van der Waals surface area contributed by atoms with Crippen LogP contribution in [0.15, 0.2) is 17.8 Å². The van der Waals surface area contributed by atoms with E-state index in [4.69, 9.17) is 0 Å². The van der Waals surface area contributed by atoms with Crippen LogP contribution in [-0.2, 0) is 4.79 Å². The van der Waals surface area contributed by atoms with E-state index in [1.54, 1.807) is 12.4 Å². The van der Waals surface area contributed by atoms with Gasteiger partial charge in [0.15, 0.2) is 0 Å². The lowest BCUT2D eigenvalue weighted by Crippen LogP contribution is -2.46. The Morgan fingerprint density at radius 1 is 1.45 bits per heavy atom. The summed E-state index contributed by atoms with van der Waals surface area (Å²) in [6.07, 6.45) is 5.67. The lowest BCUT2D eigenvalue weighted by Gasteiger charge is -2.31. The van der Waals surface area contributed by atoms with Crippen molar-refractivity contribution in [3.8, 4) is 10.7 Å². The van der Waals surface area contributed by atoms with Gasteiger partial charge in [-0.2, -0.15) is 5.10 Å². The molecule has 0 bridgehead atoms. The zero-order valence-electron chi connectivity index (χ0n) is 13.0. The molecule has 118 valence electrons. The molecule has 3 heterocycles. The normalized spacial score (nSPS) is 23.6. The maximum absolute atomic E-state index is 12.6. The molecule has 2 aromatic heterocycles. The first-order chi connectivity index (χ1) is 10.6. The minimum atomic E-state index is -0.161. The fourth-order valence-corrected chi connectivity index (χ4v) is 3.89. The SMILES string of the molecule is CC1CCC(C)N1C(C)C(=O)Nc1cn[nH]c1-c1nccs1. The van der Waals surface area contributed by atoms with Gasteiger partial charge in [0.25, 0.3) is 0 Å². The first-order valence-electron chi connectivity index (χ1n) is 7.59. The van der Waals surface area contributed by atoms with Crippen LogP contribution in [0.1, 0.15) is 33.6 Å². The molecular weight excluding hydrogens is 298 g/mol. The Bertz CT molecular complexity index is 628. The number of anilines is 1. The Balaban J connectivity index is 1.74. The summed E-state index contributed by atoms with van der Waals surface area (Å²) in [5.74, 6) is -0.000180. The highest BCUT2D eigenvalue weighted by molar-refractivity contribution is 7.13. The Morgan fingerprint density at radius 2 is 2.18 bits per heavy atom. The lowest BCUT2D eigenvalue weighted by atomic mass is 10.2. The number of hydrogen-bond acceptors (Lipinski definition) is 5. The van der Waals surface area contributed by atoms with E-state index < -0.39 is 0 Å². The number of nitrogens with zero attached hydrogens (tertiary/aromatic N) is 3. The number of carbonyl (C=O) groups is 1. The van der Waals surface area contributed by atoms with Gasteiger partial charge in [0.1, 0.15) is 10.7 Å². The molecule has 0 aromatic carbocycles. The van der Waals surface area contributed by atoms with Gasteiger partial charge >= 0.3 is 0 Å². The molecule has 0 saturated carbocycles. The minimum absolute atomic E-state index is 0.000180. The molecule has 3 rings (SSSR count). The molecule has 1 saturated heterocycles. The number of nitrogens with one attached hydrogen (secondary N) is 2. The molecule has 0 aliphatic carbocycles. The summed E-state index contributed by atoms with van der Waals surface area (Å²) in [5, 5.41) is 12.7. The minimum Gasteiger partial charge on any atom is -0.321 e. The highest BCUT2D eigenvalue weighted by Crippen LogP contribution is 2.29. The Hall–Kier alpha value is -1.73. The Labute approximate surface area is 133 Å². The average molecular weight is 319 g/mol. The maximum Gasteiger partial charge on any atom is 0.241 e. The van der Waals surface area contributed by atoms with E-state index in [1.807, 2.05) is 12.3 Å². The quantitative estimate of drug-likeness (QED) is 0.909. The third kappa shape index (κ3) is 2.78. The zero-order valence-corrected chi connectivity index (χ0v) is 13.9. The number of thiazole rings is 1. The van der Waals surface area contributed by atoms with Crippen LogP contribution in [0.4, 0.5) is 5.69 Å². The van der Waals surface area contributed by atoms with Gasteiger partial charge in [-0.1, -0.05) is 0 Å². The molecular formula is C15H21N5OS. The highest BCUT2D eigenvalue weighted by Gasteiger charge is 2.34. The second-order valence-electron chi connectivity index (χ2n) is 5.88. The number of likely N-dealkylation sites (tertiary alicyclic amines) is 1. The third-order valence-corrected chi connectivity index (χ3v) is 5.18. The van der Waals surface area contributed by atoms with Crippen LogP contribution in [0.5, 0.6) is 0 Å². The summed E-state index contributed by atoms with van der Waals surface area (Å²) in [6, 6.07) is 0.726. The number of H-pyrrole nitrogens is 1. The van der Waals surface area contributed by atoms with E-state index >= 15 is 0 Å². The molecule has 22 heavy (non-hydrogen) atoms. The van der Waals surface area contributed by atoms with Gasteiger partial charge in [-0.25, -0.2) is 4.98 Å². The van der Waals surface area contributed by atoms with E-state index in [9.17, 15) is 4.79 Å². The first kappa shape index (κ1) is 15.2. The monoisotopic (exact) mass is 319 g/mol. The Morgan fingerprint density at radius 3 is 2.82 bits per heavy atom. The smallest absolute Gasteiger partial charge is 0.241 e. The summed E-state index contributed by atoms with van der Waals surface area (Å²) in [6.45, 7) is 6.34. The van der Waals surface area contributed by atoms with Crippen molar-refractivity contribution in [1.29, 1.82) is 0 Å². The van der Waals surface area contributed by atoms with Crippen LogP contribution in [-0.4, -0.2) is 44.1 Å². The number of hydrogen-bond donors (Lipinski definition) is 2. The predicted octanol–water partition coefficient (Wildman–Crippen LogP) is 2.73. The fraction of sp³-hybridized carbons (Fsp3) is 0.533. The van der Waals surface area contributed by atoms with Crippen molar-refractivity contribution in [1.82, 2.24) is 20.1 Å². The predicted molar refractivity (Wildman–Crippen MR) is 87.8 cm³/mol. The molecule has 3 atom stereocenters. The number of aromatic amines is 1. The summed E-state index contributed by atoms with van der Waals surface area (Å²) >= 11 is 1.51. The van der Waals surface area contributed by atoms with Crippen LogP contribution < -0.4 is 5.32 Å². The van der Waals surface area contributed by atoms with E-state index in [2.05, 4.69) is 39.2 Å². The second-order valence-corrected chi connectivity index (χ2v) is 6.78. The molecule has 1 amide bonds. The molecule has 2 aromatic rings. The average Bonchev–Trinajstić information content (AvgIpc) is 3.20. The maximum atomic E-state index is 12.6. The molecule has 1 aliphatic heterocycles. The molecule has 1 aliphatic rings. The van der Waals surface area contributed by atoms with Crippen LogP contribution >= 0.6 is 11.3 Å². The van der Waals surface area contributed by atoms with Crippen LogP contribution in [0, 0.1) is 0 Å². The molecule has 6 nitrogen and oxygen atoms in total. The van der Waals surface area contributed by atoms with E-state index in [0.717, 1.165) is 23.5 Å².